The number of para-hydroxylation sites is 1. The highest BCUT2D eigenvalue weighted by Gasteiger charge is 2.24. The number of hydrogen-bond donors (Lipinski definition) is 0. The Bertz CT molecular complexity index is 1010. The number of pyridine rings is 2. The number of aromatic nitrogens is 2. The SMILES string of the molecule is O=C(c1ccc(N2CCN(c3ccccn3)CC2)nc1)N1CCCc2ccccc21. The molecule has 1 amide bonds. The fourth-order valence-electron chi connectivity index (χ4n) is 4.31. The molecule has 0 saturated carbocycles. The molecule has 1 fully saturated rings. The van der Waals surface area contributed by atoms with Crippen LogP contribution in [0.2, 0.25) is 0 Å². The summed E-state index contributed by atoms with van der Waals surface area (Å²) < 4.78 is 0. The Hall–Kier alpha value is -3.41. The van der Waals surface area contributed by atoms with Gasteiger partial charge >= 0.3 is 0 Å². The Morgan fingerprint density at radius 3 is 2.20 bits per heavy atom. The van der Waals surface area contributed by atoms with Gasteiger partial charge in [-0.1, -0.05) is 24.3 Å². The number of amides is 1. The minimum absolute atomic E-state index is 0.0289. The molecular weight excluding hydrogens is 374 g/mol. The summed E-state index contributed by atoms with van der Waals surface area (Å²) in [6, 6.07) is 18.1. The third kappa shape index (κ3) is 3.61. The molecule has 1 saturated heterocycles. The highest BCUT2D eigenvalue weighted by molar-refractivity contribution is 6.06. The van der Waals surface area contributed by atoms with Crippen LogP contribution in [-0.2, 0) is 6.42 Å². The van der Waals surface area contributed by atoms with E-state index in [0.29, 0.717) is 5.56 Å². The quantitative estimate of drug-likeness (QED) is 0.676. The molecule has 2 aliphatic heterocycles. The van der Waals surface area contributed by atoms with Gasteiger partial charge in [0, 0.05) is 50.8 Å². The maximum atomic E-state index is 13.1. The maximum Gasteiger partial charge on any atom is 0.259 e. The van der Waals surface area contributed by atoms with Gasteiger partial charge in [0.05, 0.1) is 5.56 Å². The van der Waals surface area contributed by atoms with Gasteiger partial charge in [0.25, 0.3) is 5.91 Å². The lowest BCUT2D eigenvalue weighted by Crippen LogP contribution is -2.47. The summed E-state index contributed by atoms with van der Waals surface area (Å²) in [7, 11) is 0. The molecule has 4 heterocycles. The van der Waals surface area contributed by atoms with Crippen molar-refractivity contribution in [2.24, 2.45) is 0 Å². The van der Waals surface area contributed by atoms with Crippen LogP contribution in [0.4, 0.5) is 17.3 Å². The maximum absolute atomic E-state index is 13.1. The van der Waals surface area contributed by atoms with Crippen LogP contribution >= 0.6 is 0 Å². The molecule has 0 unspecified atom stereocenters. The molecule has 30 heavy (non-hydrogen) atoms. The number of rotatable bonds is 3. The lowest BCUT2D eigenvalue weighted by molar-refractivity contribution is 0.0985. The van der Waals surface area contributed by atoms with Crippen LogP contribution in [0, 0.1) is 0 Å². The average Bonchev–Trinajstić information content (AvgIpc) is 2.84. The smallest absolute Gasteiger partial charge is 0.259 e. The summed E-state index contributed by atoms with van der Waals surface area (Å²) >= 11 is 0. The third-order valence-electron chi connectivity index (χ3n) is 5.93. The van der Waals surface area contributed by atoms with Crippen molar-refractivity contribution >= 4 is 23.2 Å². The van der Waals surface area contributed by atoms with Crippen molar-refractivity contribution in [1.29, 1.82) is 0 Å². The number of nitrogens with zero attached hydrogens (tertiary/aromatic N) is 5. The fourth-order valence-corrected chi connectivity index (χ4v) is 4.31. The second-order valence-corrected chi connectivity index (χ2v) is 7.76. The average molecular weight is 399 g/mol. The van der Waals surface area contributed by atoms with Crippen LogP contribution in [-0.4, -0.2) is 48.6 Å². The zero-order valence-electron chi connectivity index (χ0n) is 16.9. The molecule has 2 aliphatic rings. The number of hydrogen-bond acceptors (Lipinski definition) is 5. The Balaban J connectivity index is 1.26. The molecule has 6 nitrogen and oxygen atoms in total. The molecule has 0 radical (unpaired) electrons. The lowest BCUT2D eigenvalue weighted by atomic mass is 10.0. The second kappa shape index (κ2) is 8.14. The monoisotopic (exact) mass is 399 g/mol. The second-order valence-electron chi connectivity index (χ2n) is 7.76. The summed E-state index contributed by atoms with van der Waals surface area (Å²) in [5.41, 5.74) is 2.92. The van der Waals surface area contributed by atoms with Gasteiger partial charge in [0.15, 0.2) is 0 Å². The first-order valence-electron chi connectivity index (χ1n) is 10.6. The van der Waals surface area contributed by atoms with E-state index in [1.54, 1.807) is 6.20 Å². The van der Waals surface area contributed by atoms with E-state index in [4.69, 9.17) is 0 Å². The standard InChI is InChI=1S/C24H25N5O/c30-24(29-13-5-7-19-6-1-2-8-21(19)29)20-10-11-23(26-18-20)28-16-14-27(15-17-28)22-9-3-4-12-25-22/h1-4,6,8-12,18H,5,7,13-17H2. The van der Waals surface area contributed by atoms with Gasteiger partial charge in [-0.05, 0) is 48.7 Å². The van der Waals surface area contributed by atoms with Crippen molar-refractivity contribution in [3.8, 4) is 0 Å². The number of carbonyl (C=O) groups is 1. The van der Waals surface area contributed by atoms with Crippen LogP contribution in [0.5, 0.6) is 0 Å². The summed E-state index contributed by atoms with van der Waals surface area (Å²) in [6.45, 7) is 4.34. The topological polar surface area (TPSA) is 52.6 Å². The molecule has 0 atom stereocenters. The molecule has 0 aliphatic carbocycles. The van der Waals surface area contributed by atoms with Crippen LogP contribution in [0.15, 0.2) is 67.0 Å². The molecule has 2 aromatic heterocycles. The first-order chi connectivity index (χ1) is 14.8. The molecular formula is C24H25N5O. The van der Waals surface area contributed by atoms with E-state index >= 15 is 0 Å². The van der Waals surface area contributed by atoms with Gasteiger partial charge in [0.1, 0.15) is 11.6 Å². The van der Waals surface area contributed by atoms with Crippen molar-refractivity contribution in [1.82, 2.24) is 9.97 Å². The third-order valence-corrected chi connectivity index (χ3v) is 5.93. The van der Waals surface area contributed by atoms with E-state index in [1.165, 1.54) is 5.56 Å². The highest BCUT2D eigenvalue weighted by atomic mass is 16.2. The predicted molar refractivity (Wildman–Crippen MR) is 119 cm³/mol. The summed E-state index contributed by atoms with van der Waals surface area (Å²) in [4.78, 5) is 28.6. The van der Waals surface area contributed by atoms with E-state index in [0.717, 1.165) is 62.9 Å². The molecule has 0 spiro atoms. The zero-order valence-corrected chi connectivity index (χ0v) is 16.9. The Morgan fingerprint density at radius 1 is 0.767 bits per heavy atom. The number of anilines is 3. The van der Waals surface area contributed by atoms with Crippen LogP contribution in [0.1, 0.15) is 22.3 Å². The van der Waals surface area contributed by atoms with Gasteiger partial charge in [-0.15, -0.1) is 0 Å². The largest absolute Gasteiger partial charge is 0.353 e. The number of carbonyl (C=O) groups excluding carboxylic acids is 1. The van der Waals surface area contributed by atoms with Gasteiger partial charge in [-0.25, -0.2) is 9.97 Å². The van der Waals surface area contributed by atoms with Crippen molar-refractivity contribution in [3.05, 3.63) is 78.1 Å². The van der Waals surface area contributed by atoms with E-state index in [1.807, 2.05) is 59.6 Å². The molecule has 0 N–H and O–H groups in total. The van der Waals surface area contributed by atoms with Crippen molar-refractivity contribution in [2.45, 2.75) is 12.8 Å². The van der Waals surface area contributed by atoms with Crippen molar-refractivity contribution < 1.29 is 4.79 Å². The summed E-state index contributed by atoms with van der Waals surface area (Å²) in [5.74, 6) is 1.97. The van der Waals surface area contributed by atoms with Crippen LogP contribution in [0.25, 0.3) is 0 Å². The van der Waals surface area contributed by atoms with E-state index in [-0.39, 0.29) is 5.91 Å². The molecule has 0 bridgehead atoms. The van der Waals surface area contributed by atoms with E-state index < -0.39 is 0 Å². The van der Waals surface area contributed by atoms with Crippen LogP contribution in [0.3, 0.4) is 0 Å². The Labute approximate surface area is 176 Å². The minimum atomic E-state index is 0.0289. The normalized spacial score (nSPS) is 16.3. The van der Waals surface area contributed by atoms with Gasteiger partial charge in [0.2, 0.25) is 0 Å². The highest BCUT2D eigenvalue weighted by Crippen LogP contribution is 2.28. The number of aryl methyl sites for hydroxylation is 1. The number of benzene rings is 1. The van der Waals surface area contributed by atoms with E-state index in [2.05, 4.69) is 25.8 Å². The predicted octanol–water partition coefficient (Wildman–Crippen LogP) is 3.40. The first-order valence-corrected chi connectivity index (χ1v) is 10.6. The van der Waals surface area contributed by atoms with Gasteiger partial charge in [-0.3, -0.25) is 4.79 Å². The van der Waals surface area contributed by atoms with Crippen molar-refractivity contribution in [2.75, 3.05) is 47.4 Å². The fraction of sp³-hybridized carbons (Fsp3) is 0.292. The number of piperazine rings is 1. The minimum Gasteiger partial charge on any atom is -0.353 e. The summed E-state index contributed by atoms with van der Waals surface area (Å²) in [5, 5.41) is 0. The first kappa shape index (κ1) is 18.6. The molecule has 1 aromatic carbocycles. The summed E-state index contributed by atoms with van der Waals surface area (Å²) in [6.07, 6.45) is 5.58. The molecule has 152 valence electrons. The number of fused-ring (bicyclic) bond motifs is 1. The lowest BCUT2D eigenvalue weighted by Gasteiger charge is -2.36. The van der Waals surface area contributed by atoms with Crippen LogP contribution < -0.4 is 14.7 Å². The zero-order chi connectivity index (χ0) is 20.3. The molecule has 5 rings (SSSR count). The van der Waals surface area contributed by atoms with Gasteiger partial charge in [-0.2, -0.15) is 0 Å². The van der Waals surface area contributed by atoms with E-state index in [9.17, 15) is 4.79 Å². The van der Waals surface area contributed by atoms with Crippen molar-refractivity contribution in [3.63, 3.8) is 0 Å². The Kier molecular flexibility index (Phi) is 5.05. The molecule has 3 aromatic rings. The Morgan fingerprint density at radius 2 is 1.50 bits per heavy atom. The van der Waals surface area contributed by atoms with Gasteiger partial charge < -0.3 is 14.7 Å². The molecule has 6 heteroatoms.